The van der Waals surface area contributed by atoms with Crippen LogP contribution in [0.4, 0.5) is 5.69 Å². The quantitative estimate of drug-likeness (QED) is 0.369. The maximum absolute atomic E-state index is 12.7. The lowest BCUT2D eigenvalue weighted by Gasteiger charge is -2.11. The molecule has 0 unspecified atom stereocenters. The Morgan fingerprint density at radius 1 is 1.03 bits per heavy atom. The highest BCUT2D eigenvalue weighted by Gasteiger charge is 2.30. The first-order chi connectivity index (χ1) is 18.4. The summed E-state index contributed by atoms with van der Waals surface area (Å²) in [5.41, 5.74) is 6.75. The highest BCUT2D eigenvalue weighted by molar-refractivity contribution is 6.21. The Morgan fingerprint density at radius 2 is 1.79 bits per heavy atom. The summed E-state index contributed by atoms with van der Waals surface area (Å²) in [6.07, 6.45) is 10.2. The number of hydrogen-bond acceptors (Lipinski definition) is 8. The molecule has 190 valence electrons. The molecule has 0 bridgehead atoms. The summed E-state index contributed by atoms with van der Waals surface area (Å²) >= 11 is 0. The number of amides is 2. The molecule has 0 aromatic carbocycles. The van der Waals surface area contributed by atoms with Gasteiger partial charge in [0.25, 0.3) is 5.91 Å². The molecular formula is C27H25N9O2. The van der Waals surface area contributed by atoms with E-state index in [1.165, 1.54) is 11.1 Å². The number of anilines is 1. The number of H-pyrrole nitrogens is 1. The van der Waals surface area contributed by atoms with Crippen LogP contribution < -0.4 is 5.32 Å². The number of aliphatic imine (C=N–C) groups is 2. The number of carbonyl (C=O) groups excluding carboxylic acids is 2. The van der Waals surface area contributed by atoms with Gasteiger partial charge in [-0.3, -0.25) is 34.5 Å². The van der Waals surface area contributed by atoms with Gasteiger partial charge in [-0.05, 0) is 25.0 Å². The summed E-state index contributed by atoms with van der Waals surface area (Å²) in [5.74, 6) is 0.431. The molecule has 6 rings (SSSR count). The fourth-order valence-corrected chi connectivity index (χ4v) is 4.27. The number of aromatic amines is 1. The standard InChI is InChI=1S/C27H25N9O2/c1-28-24(25-34-21-12-30-11-19(23(21)35-25)27(38)36(2)3)18-7-16(9-32-22(18)20-13-31-20)15-6-17(10-29-8-15)33-26(37)14-4-5-14/h6-12,14H,4-5,13H2,1-3H3,(H,33,37)(H,34,35). The van der Waals surface area contributed by atoms with Gasteiger partial charge in [-0.2, -0.15) is 0 Å². The summed E-state index contributed by atoms with van der Waals surface area (Å²) in [6, 6.07) is 3.86. The van der Waals surface area contributed by atoms with Crippen molar-refractivity contribution in [3.63, 3.8) is 0 Å². The SMILES string of the molecule is CN=C(c1nc2c(C(=O)N(C)C)cncc2[nH]1)c1cc(-c2cncc(NC(=O)C3CC3)c2)cnc1C1=NC1. The van der Waals surface area contributed by atoms with E-state index in [0.717, 1.165) is 40.9 Å². The Balaban J connectivity index is 1.41. The Kier molecular flexibility index (Phi) is 5.74. The second kappa shape index (κ2) is 9.25. The van der Waals surface area contributed by atoms with E-state index < -0.39 is 0 Å². The average molecular weight is 508 g/mol. The zero-order valence-electron chi connectivity index (χ0n) is 21.2. The minimum atomic E-state index is -0.186. The van der Waals surface area contributed by atoms with Crippen molar-refractivity contribution in [2.45, 2.75) is 12.8 Å². The number of nitrogens with one attached hydrogen (secondary N) is 2. The van der Waals surface area contributed by atoms with E-state index in [2.05, 4.69) is 30.3 Å². The van der Waals surface area contributed by atoms with Crippen LogP contribution in [0.2, 0.25) is 0 Å². The van der Waals surface area contributed by atoms with Gasteiger partial charge < -0.3 is 15.2 Å². The van der Waals surface area contributed by atoms with Gasteiger partial charge in [-0.25, -0.2) is 4.98 Å². The normalized spacial score (nSPS) is 14.8. The molecule has 0 spiro atoms. The third-order valence-corrected chi connectivity index (χ3v) is 6.50. The van der Waals surface area contributed by atoms with Crippen LogP contribution in [0.25, 0.3) is 22.2 Å². The maximum atomic E-state index is 12.7. The minimum Gasteiger partial charge on any atom is -0.345 e. The Labute approximate surface area is 218 Å². The van der Waals surface area contributed by atoms with Gasteiger partial charge in [-0.1, -0.05) is 0 Å². The van der Waals surface area contributed by atoms with Gasteiger partial charge in [0.1, 0.15) is 11.2 Å². The van der Waals surface area contributed by atoms with Crippen molar-refractivity contribution in [2.75, 3.05) is 33.0 Å². The van der Waals surface area contributed by atoms with E-state index in [4.69, 9.17) is 9.97 Å². The molecular weight excluding hydrogens is 482 g/mol. The fraction of sp³-hybridized carbons (Fsp3) is 0.259. The molecule has 1 fully saturated rings. The van der Waals surface area contributed by atoms with Crippen LogP contribution in [0.3, 0.4) is 0 Å². The van der Waals surface area contributed by atoms with Crippen LogP contribution in [0, 0.1) is 5.92 Å². The molecule has 0 saturated heterocycles. The molecule has 2 N–H and O–H groups in total. The highest BCUT2D eigenvalue weighted by atomic mass is 16.2. The fourth-order valence-electron chi connectivity index (χ4n) is 4.27. The summed E-state index contributed by atoms with van der Waals surface area (Å²) in [4.78, 5) is 56.7. The van der Waals surface area contributed by atoms with Gasteiger partial charge >= 0.3 is 0 Å². The van der Waals surface area contributed by atoms with Crippen molar-refractivity contribution in [2.24, 2.45) is 15.9 Å². The highest BCUT2D eigenvalue weighted by Crippen LogP contribution is 2.31. The monoisotopic (exact) mass is 507 g/mol. The molecule has 5 heterocycles. The number of fused-ring (bicyclic) bond motifs is 1. The van der Waals surface area contributed by atoms with Crippen molar-refractivity contribution in [3.05, 3.63) is 65.8 Å². The van der Waals surface area contributed by atoms with Crippen molar-refractivity contribution in [3.8, 4) is 11.1 Å². The summed E-state index contributed by atoms with van der Waals surface area (Å²) in [5, 5.41) is 2.95. The molecule has 2 aliphatic rings. The predicted octanol–water partition coefficient (Wildman–Crippen LogP) is 2.74. The number of imidazole rings is 1. The number of hydrogen-bond donors (Lipinski definition) is 2. The number of pyridine rings is 3. The smallest absolute Gasteiger partial charge is 0.257 e. The first-order valence-corrected chi connectivity index (χ1v) is 12.3. The zero-order valence-corrected chi connectivity index (χ0v) is 21.2. The molecule has 1 saturated carbocycles. The van der Waals surface area contributed by atoms with Crippen molar-refractivity contribution in [1.82, 2.24) is 29.8 Å². The lowest BCUT2D eigenvalue weighted by molar-refractivity contribution is -0.117. The van der Waals surface area contributed by atoms with Gasteiger partial charge in [0.05, 0.1) is 47.1 Å². The molecule has 2 amide bonds. The Bertz CT molecular complexity index is 1660. The lowest BCUT2D eigenvalue weighted by atomic mass is 10.0. The molecule has 4 aromatic heterocycles. The van der Waals surface area contributed by atoms with Crippen molar-refractivity contribution in [1.29, 1.82) is 0 Å². The van der Waals surface area contributed by atoms with E-state index >= 15 is 0 Å². The Hall–Kier alpha value is -4.80. The third-order valence-electron chi connectivity index (χ3n) is 6.50. The summed E-state index contributed by atoms with van der Waals surface area (Å²) in [6.45, 7) is 0.617. The van der Waals surface area contributed by atoms with Crippen LogP contribution >= 0.6 is 0 Å². The van der Waals surface area contributed by atoms with Gasteiger partial charge in [-0.15, -0.1) is 0 Å². The zero-order chi connectivity index (χ0) is 26.4. The van der Waals surface area contributed by atoms with Gasteiger partial charge in [0, 0.05) is 62.3 Å². The second-order valence-electron chi connectivity index (χ2n) is 9.55. The summed E-state index contributed by atoms with van der Waals surface area (Å²) < 4.78 is 0. The van der Waals surface area contributed by atoms with Gasteiger partial charge in [0.15, 0.2) is 5.82 Å². The van der Waals surface area contributed by atoms with Crippen molar-refractivity contribution >= 4 is 40.0 Å². The molecule has 11 nitrogen and oxygen atoms in total. The molecule has 0 atom stereocenters. The lowest BCUT2D eigenvalue weighted by Crippen LogP contribution is -2.22. The first-order valence-electron chi connectivity index (χ1n) is 12.3. The van der Waals surface area contributed by atoms with E-state index in [9.17, 15) is 9.59 Å². The first kappa shape index (κ1) is 23.6. The number of carbonyl (C=O) groups is 2. The molecule has 11 heteroatoms. The van der Waals surface area contributed by atoms with E-state index in [1.807, 2.05) is 12.1 Å². The minimum absolute atomic E-state index is 0.0248. The number of rotatable bonds is 7. The van der Waals surface area contributed by atoms with Crippen LogP contribution in [-0.2, 0) is 4.79 Å². The predicted molar refractivity (Wildman–Crippen MR) is 144 cm³/mol. The molecule has 1 aliphatic carbocycles. The van der Waals surface area contributed by atoms with E-state index in [-0.39, 0.29) is 17.7 Å². The largest absolute Gasteiger partial charge is 0.345 e. The van der Waals surface area contributed by atoms with Crippen LogP contribution in [0.15, 0.2) is 53.1 Å². The average Bonchev–Trinajstić information content (AvgIpc) is 3.85. The third kappa shape index (κ3) is 4.42. The molecule has 38 heavy (non-hydrogen) atoms. The maximum Gasteiger partial charge on any atom is 0.257 e. The van der Waals surface area contributed by atoms with Crippen LogP contribution in [0.1, 0.15) is 40.3 Å². The van der Waals surface area contributed by atoms with Crippen molar-refractivity contribution < 1.29 is 9.59 Å². The number of aromatic nitrogens is 5. The van der Waals surface area contributed by atoms with Crippen LogP contribution in [-0.4, -0.2) is 80.7 Å². The van der Waals surface area contributed by atoms with E-state index in [1.54, 1.807) is 45.9 Å². The molecule has 0 radical (unpaired) electrons. The van der Waals surface area contributed by atoms with Crippen LogP contribution in [0.5, 0.6) is 0 Å². The molecule has 4 aromatic rings. The Morgan fingerprint density at radius 3 is 2.50 bits per heavy atom. The second-order valence-corrected chi connectivity index (χ2v) is 9.55. The summed E-state index contributed by atoms with van der Waals surface area (Å²) in [7, 11) is 5.07. The number of nitrogens with zero attached hydrogens (tertiary/aromatic N) is 7. The van der Waals surface area contributed by atoms with E-state index in [0.29, 0.717) is 40.4 Å². The molecule has 1 aliphatic heterocycles. The topological polar surface area (TPSA) is 141 Å². The van der Waals surface area contributed by atoms with Gasteiger partial charge in [0.2, 0.25) is 5.91 Å².